The summed E-state index contributed by atoms with van der Waals surface area (Å²) in [7, 11) is 1.89. The fraction of sp³-hybridized carbons (Fsp3) is 0.538. The van der Waals surface area contributed by atoms with Gasteiger partial charge in [0.25, 0.3) is 0 Å². The molecule has 0 bridgehead atoms. The molecule has 0 amide bonds. The van der Waals surface area contributed by atoms with E-state index in [2.05, 4.69) is 12.2 Å². The van der Waals surface area contributed by atoms with Gasteiger partial charge in [-0.1, -0.05) is 24.6 Å². The quantitative estimate of drug-likeness (QED) is 0.727. The fourth-order valence-corrected chi connectivity index (χ4v) is 1.71. The molecule has 1 rings (SSSR count). The maximum Gasteiger partial charge on any atom is 0.125 e. The Bertz CT molecular complexity index is 331. The number of nitrogens with one attached hydrogen (secondary N) is 1. The SMILES string of the molecule is CCCOCCOc1cccc(Cl)c1CNC. The van der Waals surface area contributed by atoms with Crippen molar-refractivity contribution < 1.29 is 9.47 Å². The third kappa shape index (κ3) is 4.94. The molecule has 0 aliphatic rings. The number of hydrogen-bond acceptors (Lipinski definition) is 3. The van der Waals surface area contributed by atoms with E-state index in [4.69, 9.17) is 21.1 Å². The average Bonchev–Trinajstić information content (AvgIpc) is 2.33. The van der Waals surface area contributed by atoms with Crippen LogP contribution in [-0.4, -0.2) is 26.9 Å². The van der Waals surface area contributed by atoms with Gasteiger partial charge in [-0.25, -0.2) is 0 Å². The Labute approximate surface area is 108 Å². The summed E-state index contributed by atoms with van der Waals surface area (Å²) in [6, 6.07) is 5.69. The molecule has 0 saturated carbocycles. The molecule has 0 aliphatic heterocycles. The molecule has 0 fully saturated rings. The third-order valence-electron chi connectivity index (χ3n) is 2.26. The Morgan fingerprint density at radius 2 is 2.06 bits per heavy atom. The maximum absolute atomic E-state index is 6.12. The summed E-state index contributed by atoms with van der Waals surface area (Å²) in [6.07, 6.45) is 1.03. The molecule has 3 nitrogen and oxygen atoms in total. The molecular weight excluding hydrogens is 238 g/mol. The van der Waals surface area contributed by atoms with E-state index in [9.17, 15) is 0 Å². The van der Waals surface area contributed by atoms with Crippen LogP contribution < -0.4 is 10.1 Å². The molecule has 0 aromatic heterocycles. The van der Waals surface area contributed by atoms with E-state index in [1.807, 2.05) is 25.2 Å². The lowest BCUT2D eigenvalue weighted by Gasteiger charge is -2.12. The highest BCUT2D eigenvalue weighted by atomic mass is 35.5. The lowest BCUT2D eigenvalue weighted by atomic mass is 10.2. The van der Waals surface area contributed by atoms with E-state index < -0.39 is 0 Å². The lowest BCUT2D eigenvalue weighted by Crippen LogP contribution is -2.11. The van der Waals surface area contributed by atoms with Gasteiger partial charge in [-0.2, -0.15) is 0 Å². The summed E-state index contributed by atoms with van der Waals surface area (Å²) in [5, 5.41) is 3.81. The minimum Gasteiger partial charge on any atom is -0.491 e. The van der Waals surface area contributed by atoms with Gasteiger partial charge in [0.05, 0.1) is 6.61 Å². The van der Waals surface area contributed by atoms with Crippen molar-refractivity contribution in [2.75, 3.05) is 26.9 Å². The van der Waals surface area contributed by atoms with Gasteiger partial charge in [0.2, 0.25) is 0 Å². The van der Waals surface area contributed by atoms with Crippen LogP contribution in [-0.2, 0) is 11.3 Å². The van der Waals surface area contributed by atoms with E-state index in [1.54, 1.807) is 0 Å². The first-order valence-electron chi connectivity index (χ1n) is 5.92. The minimum absolute atomic E-state index is 0.553. The topological polar surface area (TPSA) is 30.5 Å². The molecule has 0 unspecified atom stereocenters. The van der Waals surface area contributed by atoms with Crippen molar-refractivity contribution in [3.63, 3.8) is 0 Å². The molecular formula is C13H20ClNO2. The van der Waals surface area contributed by atoms with Crippen LogP contribution in [0.15, 0.2) is 18.2 Å². The van der Waals surface area contributed by atoms with Gasteiger partial charge in [-0.05, 0) is 25.6 Å². The molecule has 0 saturated heterocycles. The van der Waals surface area contributed by atoms with Gasteiger partial charge >= 0.3 is 0 Å². The molecule has 96 valence electrons. The zero-order valence-corrected chi connectivity index (χ0v) is 11.2. The summed E-state index contributed by atoms with van der Waals surface area (Å²) >= 11 is 6.12. The van der Waals surface area contributed by atoms with Crippen molar-refractivity contribution in [1.29, 1.82) is 0 Å². The Kier molecular flexibility index (Phi) is 7.01. The van der Waals surface area contributed by atoms with Crippen LogP contribution >= 0.6 is 11.6 Å². The van der Waals surface area contributed by atoms with Gasteiger partial charge < -0.3 is 14.8 Å². The maximum atomic E-state index is 6.12. The lowest BCUT2D eigenvalue weighted by molar-refractivity contribution is 0.100. The normalized spacial score (nSPS) is 10.5. The molecule has 17 heavy (non-hydrogen) atoms. The second-order valence-electron chi connectivity index (χ2n) is 3.71. The smallest absolute Gasteiger partial charge is 0.125 e. The number of halogens is 1. The van der Waals surface area contributed by atoms with Crippen LogP contribution in [0.2, 0.25) is 5.02 Å². The number of hydrogen-bond donors (Lipinski definition) is 1. The monoisotopic (exact) mass is 257 g/mol. The molecule has 1 N–H and O–H groups in total. The van der Waals surface area contributed by atoms with Gasteiger partial charge in [0.15, 0.2) is 0 Å². The van der Waals surface area contributed by atoms with Crippen molar-refractivity contribution in [2.24, 2.45) is 0 Å². The first-order chi connectivity index (χ1) is 8.29. The van der Waals surface area contributed by atoms with E-state index in [0.717, 1.165) is 29.4 Å². The van der Waals surface area contributed by atoms with Crippen molar-refractivity contribution in [3.05, 3.63) is 28.8 Å². The molecule has 1 aromatic rings. The van der Waals surface area contributed by atoms with Crippen LogP contribution in [0.4, 0.5) is 0 Å². The predicted octanol–water partition coefficient (Wildman–Crippen LogP) is 2.86. The van der Waals surface area contributed by atoms with Crippen LogP contribution in [0.3, 0.4) is 0 Å². The van der Waals surface area contributed by atoms with Gasteiger partial charge in [-0.3, -0.25) is 0 Å². The van der Waals surface area contributed by atoms with Crippen LogP contribution in [0.1, 0.15) is 18.9 Å². The summed E-state index contributed by atoms with van der Waals surface area (Å²) in [4.78, 5) is 0. The number of benzene rings is 1. The highest BCUT2D eigenvalue weighted by Gasteiger charge is 2.06. The summed E-state index contributed by atoms with van der Waals surface area (Å²) < 4.78 is 11.0. The van der Waals surface area contributed by atoms with Gasteiger partial charge in [0.1, 0.15) is 12.4 Å². The highest BCUT2D eigenvalue weighted by molar-refractivity contribution is 6.31. The van der Waals surface area contributed by atoms with Crippen LogP contribution in [0, 0.1) is 0 Å². The van der Waals surface area contributed by atoms with Crippen molar-refractivity contribution in [3.8, 4) is 5.75 Å². The van der Waals surface area contributed by atoms with Gasteiger partial charge in [-0.15, -0.1) is 0 Å². The predicted molar refractivity (Wildman–Crippen MR) is 70.8 cm³/mol. The van der Waals surface area contributed by atoms with E-state index in [0.29, 0.717) is 19.8 Å². The van der Waals surface area contributed by atoms with Crippen molar-refractivity contribution in [2.45, 2.75) is 19.9 Å². The Morgan fingerprint density at radius 1 is 1.24 bits per heavy atom. The first kappa shape index (κ1) is 14.3. The Hall–Kier alpha value is -0.770. The first-order valence-corrected chi connectivity index (χ1v) is 6.30. The Morgan fingerprint density at radius 3 is 2.76 bits per heavy atom. The summed E-state index contributed by atoms with van der Waals surface area (Å²) in [5.74, 6) is 0.826. The van der Waals surface area contributed by atoms with Crippen molar-refractivity contribution >= 4 is 11.6 Å². The molecule has 1 aromatic carbocycles. The molecule has 0 aliphatic carbocycles. The highest BCUT2D eigenvalue weighted by Crippen LogP contribution is 2.26. The standard InChI is InChI=1S/C13H20ClNO2/c1-3-7-16-8-9-17-13-6-4-5-12(14)11(13)10-15-2/h4-6,15H,3,7-10H2,1-2H3. The van der Waals surface area contributed by atoms with Crippen LogP contribution in [0.5, 0.6) is 5.75 Å². The third-order valence-corrected chi connectivity index (χ3v) is 2.62. The van der Waals surface area contributed by atoms with Gasteiger partial charge in [0, 0.05) is 23.7 Å². The number of rotatable bonds is 8. The molecule has 0 spiro atoms. The summed E-state index contributed by atoms with van der Waals surface area (Å²) in [6.45, 7) is 4.73. The second-order valence-corrected chi connectivity index (χ2v) is 4.11. The van der Waals surface area contributed by atoms with E-state index >= 15 is 0 Å². The largest absolute Gasteiger partial charge is 0.491 e. The molecule has 0 atom stereocenters. The van der Waals surface area contributed by atoms with E-state index in [1.165, 1.54) is 0 Å². The fourth-order valence-electron chi connectivity index (χ4n) is 1.48. The molecule has 0 radical (unpaired) electrons. The summed E-state index contributed by atoms with van der Waals surface area (Å²) in [5.41, 5.74) is 0.993. The second kappa shape index (κ2) is 8.34. The molecule has 0 heterocycles. The zero-order valence-electron chi connectivity index (χ0n) is 10.5. The van der Waals surface area contributed by atoms with Crippen LogP contribution in [0.25, 0.3) is 0 Å². The van der Waals surface area contributed by atoms with E-state index in [-0.39, 0.29) is 0 Å². The Balaban J connectivity index is 2.48. The number of ether oxygens (including phenoxy) is 2. The van der Waals surface area contributed by atoms with Crippen molar-refractivity contribution in [1.82, 2.24) is 5.32 Å². The average molecular weight is 258 g/mol. The molecule has 4 heteroatoms. The zero-order chi connectivity index (χ0) is 12.5. The minimum atomic E-state index is 0.553.